The van der Waals surface area contributed by atoms with Crippen LogP contribution < -0.4 is 5.32 Å². The van der Waals surface area contributed by atoms with E-state index in [1.165, 1.54) is 12.8 Å². The topological polar surface area (TPSA) is 48.3 Å². The maximum Gasteiger partial charge on any atom is 0.108 e. The Bertz CT molecular complexity index is 285. The van der Waals surface area contributed by atoms with E-state index in [4.69, 9.17) is 4.74 Å². The van der Waals surface area contributed by atoms with Crippen molar-refractivity contribution in [3.05, 3.63) is 0 Å². The number of ether oxygens (including phenoxy) is 1. The Hall–Kier alpha value is -0.630. The fourth-order valence-corrected chi connectivity index (χ4v) is 2.41. The molecule has 2 fully saturated rings. The first-order chi connectivity index (χ1) is 8.22. The standard InChI is InChI=1S/C13H23N3O/c1-3-13-9-17-10(2)7-16(13)8-12(6-14)15-11-4-5-11/h10-13,15H,3-5,7-9H2,1-2H3. The zero-order valence-corrected chi connectivity index (χ0v) is 10.9. The zero-order valence-electron chi connectivity index (χ0n) is 10.9. The fourth-order valence-electron chi connectivity index (χ4n) is 2.41. The summed E-state index contributed by atoms with van der Waals surface area (Å²) in [6, 6.07) is 3.43. The third kappa shape index (κ3) is 3.67. The molecule has 1 saturated carbocycles. The van der Waals surface area contributed by atoms with Crippen molar-refractivity contribution in [2.75, 3.05) is 19.7 Å². The van der Waals surface area contributed by atoms with Crippen molar-refractivity contribution in [2.24, 2.45) is 0 Å². The Morgan fingerprint density at radius 3 is 2.88 bits per heavy atom. The minimum absolute atomic E-state index is 0.0261. The molecule has 3 unspecified atom stereocenters. The lowest BCUT2D eigenvalue weighted by Gasteiger charge is -2.39. The predicted octanol–water partition coefficient (Wildman–Crippen LogP) is 1.13. The maximum absolute atomic E-state index is 9.19. The molecule has 0 spiro atoms. The van der Waals surface area contributed by atoms with Crippen molar-refractivity contribution >= 4 is 0 Å². The number of rotatable bonds is 5. The molecule has 4 heteroatoms. The molecule has 1 aliphatic heterocycles. The number of hydrogen-bond acceptors (Lipinski definition) is 4. The van der Waals surface area contributed by atoms with Crippen molar-refractivity contribution in [3.8, 4) is 6.07 Å². The average molecular weight is 237 g/mol. The van der Waals surface area contributed by atoms with Crippen molar-refractivity contribution in [1.82, 2.24) is 10.2 Å². The Labute approximate surface area is 104 Å². The fraction of sp³-hybridized carbons (Fsp3) is 0.923. The highest BCUT2D eigenvalue weighted by Gasteiger charge is 2.30. The molecule has 0 aromatic carbocycles. The summed E-state index contributed by atoms with van der Waals surface area (Å²) in [4.78, 5) is 2.41. The van der Waals surface area contributed by atoms with Gasteiger partial charge in [-0.05, 0) is 26.2 Å². The highest BCUT2D eigenvalue weighted by Crippen LogP contribution is 2.20. The van der Waals surface area contributed by atoms with E-state index in [0.717, 1.165) is 26.1 Å². The molecule has 4 nitrogen and oxygen atoms in total. The summed E-state index contributed by atoms with van der Waals surface area (Å²) in [5, 5.41) is 12.6. The molecular weight excluding hydrogens is 214 g/mol. The molecule has 1 N–H and O–H groups in total. The Morgan fingerprint density at radius 1 is 1.53 bits per heavy atom. The van der Waals surface area contributed by atoms with E-state index in [0.29, 0.717) is 12.1 Å². The minimum Gasteiger partial charge on any atom is -0.376 e. The van der Waals surface area contributed by atoms with Crippen molar-refractivity contribution in [2.45, 2.75) is 57.3 Å². The normalized spacial score (nSPS) is 32.1. The van der Waals surface area contributed by atoms with Gasteiger partial charge in [-0.3, -0.25) is 10.2 Å². The molecular formula is C13H23N3O. The van der Waals surface area contributed by atoms with Crippen LogP contribution in [0, 0.1) is 11.3 Å². The molecule has 1 aliphatic carbocycles. The number of morpholine rings is 1. The van der Waals surface area contributed by atoms with E-state index in [2.05, 4.69) is 30.1 Å². The molecule has 0 aromatic heterocycles. The molecule has 17 heavy (non-hydrogen) atoms. The lowest BCUT2D eigenvalue weighted by molar-refractivity contribution is -0.0569. The maximum atomic E-state index is 9.19. The highest BCUT2D eigenvalue weighted by atomic mass is 16.5. The molecule has 0 aromatic rings. The molecule has 2 rings (SSSR count). The van der Waals surface area contributed by atoms with Crippen LogP contribution in [0.25, 0.3) is 0 Å². The molecule has 0 amide bonds. The van der Waals surface area contributed by atoms with E-state index in [1.807, 2.05) is 0 Å². The van der Waals surface area contributed by atoms with Crippen LogP contribution in [0.4, 0.5) is 0 Å². The van der Waals surface area contributed by atoms with Crippen LogP contribution in [-0.4, -0.2) is 48.8 Å². The molecule has 1 heterocycles. The second kappa shape index (κ2) is 5.81. The molecule has 0 radical (unpaired) electrons. The van der Waals surface area contributed by atoms with Gasteiger partial charge in [0.25, 0.3) is 0 Å². The van der Waals surface area contributed by atoms with Gasteiger partial charge in [0.2, 0.25) is 0 Å². The van der Waals surface area contributed by atoms with Gasteiger partial charge in [0, 0.05) is 25.2 Å². The third-order valence-corrected chi connectivity index (χ3v) is 3.64. The summed E-state index contributed by atoms with van der Waals surface area (Å²) in [5.41, 5.74) is 0. The smallest absolute Gasteiger partial charge is 0.108 e. The SMILES string of the molecule is CCC1COC(C)CN1CC(C#N)NC1CC1. The molecule has 2 aliphatic rings. The van der Waals surface area contributed by atoms with Crippen molar-refractivity contribution < 1.29 is 4.74 Å². The highest BCUT2D eigenvalue weighted by molar-refractivity contribution is 4.98. The van der Waals surface area contributed by atoms with Gasteiger partial charge in [0.15, 0.2) is 0 Å². The van der Waals surface area contributed by atoms with Gasteiger partial charge in [-0.15, -0.1) is 0 Å². The summed E-state index contributed by atoms with van der Waals surface area (Å²) >= 11 is 0. The second-order valence-corrected chi connectivity index (χ2v) is 5.28. The van der Waals surface area contributed by atoms with Crippen LogP contribution in [0.2, 0.25) is 0 Å². The van der Waals surface area contributed by atoms with Crippen LogP contribution in [0.1, 0.15) is 33.1 Å². The molecule has 0 bridgehead atoms. The first kappa shape index (κ1) is 12.8. The Kier molecular flexibility index (Phi) is 4.38. The van der Waals surface area contributed by atoms with Gasteiger partial charge in [0.05, 0.1) is 18.8 Å². The average Bonchev–Trinajstić information content (AvgIpc) is 3.12. The molecule has 96 valence electrons. The summed E-state index contributed by atoms with van der Waals surface area (Å²) in [6.45, 7) is 6.88. The van der Waals surface area contributed by atoms with Crippen LogP contribution in [-0.2, 0) is 4.74 Å². The first-order valence-corrected chi connectivity index (χ1v) is 6.74. The van der Waals surface area contributed by atoms with E-state index >= 15 is 0 Å². The molecule has 1 saturated heterocycles. The summed E-state index contributed by atoms with van der Waals surface area (Å²) in [7, 11) is 0. The van der Waals surface area contributed by atoms with E-state index in [-0.39, 0.29) is 12.1 Å². The largest absolute Gasteiger partial charge is 0.376 e. The summed E-state index contributed by atoms with van der Waals surface area (Å²) in [5.74, 6) is 0. The lowest BCUT2D eigenvalue weighted by atomic mass is 10.1. The first-order valence-electron chi connectivity index (χ1n) is 6.74. The second-order valence-electron chi connectivity index (χ2n) is 5.28. The number of nitrogens with zero attached hydrogens (tertiary/aromatic N) is 2. The van der Waals surface area contributed by atoms with Gasteiger partial charge < -0.3 is 4.74 Å². The van der Waals surface area contributed by atoms with Crippen molar-refractivity contribution in [3.63, 3.8) is 0 Å². The lowest BCUT2D eigenvalue weighted by Crippen LogP contribution is -2.53. The minimum atomic E-state index is -0.0261. The van der Waals surface area contributed by atoms with E-state index in [9.17, 15) is 5.26 Å². The van der Waals surface area contributed by atoms with Gasteiger partial charge in [-0.1, -0.05) is 6.92 Å². The van der Waals surface area contributed by atoms with Gasteiger partial charge in [-0.25, -0.2) is 0 Å². The van der Waals surface area contributed by atoms with Crippen molar-refractivity contribution in [1.29, 1.82) is 5.26 Å². The van der Waals surface area contributed by atoms with E-state index in [1.54, 1.807) is 0 Å². The summed E-state index contributed by atoms with van der Waals surface area (Å²) < 4.78 is 5.68. The number of hydrogen-bond donors (Lipinski definition) is 1. The Balaban J connectivity index is 1.86. The van der Waals surface area contributed by atoms with Gasteiger partial charge in [-0.2, -0.15) is 5.26 Å². The monoisotopic (exact) mass is 237 g/mol. The third-order valence-electron chi connectivity index (χ3n) is 3.64. The number of nitriles is 1. The summed E-state index contributed by atoms with van der Waals surface area (Å²) in [6.07, 6.45) is 3.84. The number of nitrogens with one attached hydrogen (secondary N) is 1. The van der Waals surface area contributed by atoms with E-state index < -0.39 is 0 Å². The van der Waals surface area contributed by atoms with Crippen LogP contribution in [0.3, 0.4) is 0 Å². The van der Waals surface area contributed by atoms with Gasteiger partial charge in [0.1, 0.15) is 6.04 Å². The van der Waals surface area contributed by atoms with Gasteiger partial charge >= 0.3 is 0 Å². The predicted molar refractivity (Wildman–Crippen MR) is 66.6 cm³/mol. The van der Waals surface area contributed by atoms with Crippen LogP contribution in [0.15, 0.2) is 0 Å². The molecule has 3 atom stereocenters. The Morgan fingerprint density at radius 2 is 2.29 bits per heavy atom. The zero-order chi connectivity index (χ0) is 12.3. The quantitative estimate of drug-likeness (QED) is 0.778. The van der Waals surface area contributed by atoms with Crippen LogP contribution >= 0.6 is 0 Å². The van der Waals surface area contributed by atoms with Crippen LogP contribution in [0.5, 0.6) is 0 Å².